The van der Waals surface area contributed by atoms with Gasteiger partial charge in [0, 0.05) is 10.6 Å². The number of anilines is 1. The van der Waals surface area contributed by atoms with E-state index in [1.807, 2.05) is 39.0 Å². The Hall–Kier alpha value is -2.97. The van der Waals surface area contributed by atoms with Crippen LogP contribution in [0, 0.1) is 26.6 Å². The summed E-state index contributed by atoms with van der Waals surface area (Å²) in [5, 5.41) is 3.94. The SMILES string of the molecule is CCCc1sc2nc(SCC(=O)Nc3cc(C)ccc3C)n(-c3ccc(F)cc3)c(=O)c2c1C. The third-order valence-electron chi connectivity index (χ3n) is 5.59. The Labute approximate surface area is 206 Å². The minimum Gasteiger partial charge on any atom is -0.325 e. The highest BCUT2D eigenvalue weighted by Crippen LogP contribution is 2.31. The molecule has 0 saturated heterocycles. The summed E-state index contributed by atoms with van der Waals surface area (Å²) >= 11 is 2.72. The Morgan fingerprint density at radius 1 is 1.15 bits per heavy atom. The van der Waals surface area contributed by atoms with Crippen LogP contribution in [0.3, 0.4) is 0 Å². The van der Waals surface area contributed by atoms with E-state index in [1.165, 1.54) is 39.8 Å². The lowest BCUT2D eigenvalue weighted by Crippen LogP contribution is -2.23. The molecule has 0 fully saturated rings. The van der Waals surface area contributed by atoms with E-state index >= 15 is 0 Å². The van der Waals surface area contributed by atoms with Crippen molar-refractivity contribution in [2.75, 3.05) is 11.1 Å². The second-order valence-corrected chi connectivity index (χ2v) is 10.3. The van der Waals surface area contributed by atoms with Crippen LogP contribution in [0.2, 0.25) is 0 Å². The molecule has 8 heteroatoms. The van der Waals surface area contributed by atoms with Crippen LogP contribution in [0.4, 0.5) is 10.1 Å². The molecule has 0 spiro atoms. The monoisotopic (exact) mass is 495 g/mol. The van der Waals surface area contributed by atoms with Gasteiger partial charge in [-0.1, -0.05) is 37.2 Å². The van der Waals surface area contributed by atoms with Gasteiger partial charge < -0.3 is 5.32 Å². The van der Waals surface area contributed by atoms with Gasteiger partial charge in [0.2, 0.25) is 5.91 Å². The number of aryl methyl sites for hydroxylation is 4. The maximum absolute atomic E-state index is 13.6. The smallest absolute Gasteiger partial charge is 0.267 e. The number of benzene rings is 2. The van der Waals surface area contributed by atoms with Crippen LogP contribution in [-0.2, 0) is 11.2 Å². The van der Waals surface area contributed by atoms with Gasteiger partial charge in [-0.15, -0.1) is 11.3 Å². The first-order valence-corrected chi connectivity index (χ1v) is 12.9. The van der Waals surface area contributed by atoms with Crippen molar-refractivity contribution < 1.29 is 9.18 Å². The largest absolute Gasteiger partial charge is 0.325 e. The molecule has 0 radical (unpaired) electrons. The van der Waals surface area contributed by atoms with E-state index in [4.69, 9.17) is 4.98 Å². The van der Waals surface area contributed by atoms with E-state index < -0.39 is 0 Å². The zero-order chi connectivity index (χ0) is 24.4. The van der Waals surface area contributed by atoms with Crippen LogP contribution >= 0.6 is 23.1 Å². The number of carbonyl (C=O) groups is 1. The summed E-state index contributed by atoms with van der Waals surface area (Å²) in [6, 6.07) is 11.6. The second kappa shape index (κ2) is 10.1. The van der Waals surface area contributed by atoms with Crippen LogP contribution < -0.4 is 10.9 Å². The molecule has 0 bridgehead atoms. The Kier molecular flexibility index (Phi) is 7.19. The fourth-order valence-corrected chi connectivity index (χ4v) is 5.91. The quantitative estimate of drug-likeness (QED) is 0.245. The van der Waals surface area contributed by atoms with Crippen molar-refractivity contribution in [1.29, 1.82) is 0 Å². The minimum absolute atomic E-state index is 0.0820. The fraction of sp³-hybridized carbons (Fsp3) is 0.269. The molecule has 176 valence electrons. The number of thiophene rings is 1. The average molecular weight is 496 g/mol. The Balaban J connectivity index is 1.72. The standard InChI is InChI=1S/C26H26FN3O2S2/c1-5-6-21-17(4)23-24(34-21)29-26(30(25(23)32)19-11-9-18(27)10-12-19)33-14-22(31)28-20-13-15(2)7-8-16(20)3/h7-13H,5-6,14H2,1-4H3,(H,28,31). The Morgan fingerprint density at radius 2 is 1.88 bits per heavy atom. The van der Waals surface area contributed by atoms with Crippen molar-refractivity contribution in [3.8, 4) is 5.69 Å². The van der Waals surface area contributed by atoms with Crippen LogP contribution in [0.1, 0.15) is 34.9 Å². The summed E-state index contributed by atoms with van der Waals surface area (Å²) in [4.78, 5) is 32.9. The van der Waals surface area contributed by atoms with Gasteiger partial charge >= 0.3 is 0 Å². The first-order valence-electron chi connectivity index (χ1n) is 11.1. The van der Waals surface area contributed by atoms with Gasteiger partial charge in [0.25, 0.3) is 5.56 Å². The molecule has 0 atom stereocenters. The first-order chi connectivity index (χ1) is 16.3. The average Bonchev–Trinajstić information content (AvgIpc) is 3.11. The number of nitrogens with one attached hydrogen (secondary N) is 1. The van der Waals surface area contributed by atoms with E-state index in [9.17, 15) is 14.0 Å². The highest BCUT2D eigenvalue weighted by molar-refractivity contribution is 7.99. The Morgan fingerprint density at radius 3 is 2.59 bits per heavy atom. The molecule has 0 aliphatic carbocycles. The minimum atomic E-state index is -0.384. The number of halogens is 1. The number of rotatable bonds is 7. The fourth-order valence-electron chi connectivity index (χ4n) is 3.78. The van der Waals surface area contributed by atoms with E-state index in [0.29, 0.717) is 21.1 Å². The zero-order valence-electron chi connectivity index (χ0n) is 19.6. The van der Waals surface area contributed by atoms with E-state index in [0.717, 1.165) is 40.1 Å². The molecular formula is C26H26FN3O2S2. The zero-order valence-corrected chi connectivity index (χ0v) is 21.2. The molecule has 1 amide bonds. The van der Waals surface area contributed by atoms with Gasteiger partial charge in [-0.25, -0.2) is 9.37 Å². The Bertz CT molecular complexity index is 1420. The normalized spacial score (nSPS) is 11.2. The number of fused-ring (bicyclic) bond motifs is 1. The van der Waals surface area contributed by atoms with E-state index in [1.54, 1.807) is 12.1 Å². The van der Waals surface area contributed by atoms with Gasteiger partial charge in [0.05, 0.1) is 16.8 Å². The third-order valence-corrected chi connectivity index (χ3v) is 7.78. The highest BCUT2D eigenvalue weighted by Gasteiger charge is 2.20. The summed E-state index contributed by atoms with van der Waals surface area (Å²) in [6.07, 6.45) is 1.85. The number of carbonyl (C=O) groups excluding carboxylic acids is 1. The van der Waals surface area contributed by atoms with E-state index in [2.05, 4.69) is 12.2 Å². The molecule has 0 aliphatic rings. The molecule has 5 nitrogen and oxygen atoms in total. The van der Waals surface area contributed by atoms with Crippen LogP contribution in [0.25, 0.3) is 15.9 Å². The predicted octanol–water partition coefficient (Wildman–Crippen LogP) is 6.19. The van der Waals surface area contributed by atoms with Crippen LogP contribution in [0.5, 0.6) is 0 Å². The topological polar surface area (TPSA) is 64.0 Å². The molecule has 4 aromatic rings. The predicted molar refractivity (Wildman–Crippen MR) is 139 cm³/mol. The highest BCUT2D eigenvalue weighted by atomic mass is 32.2. The number of hydrogen-bond donors (Lipinski definition) is 1. The van der Waals surface area contributed by atoms with Gasteiger partial charge in [-0.2, -0.15) is 0 Å². The summed E-state index contributed by atoms with van der Waals surface area (Å²) in [7, 11) is 0. The molecule has 1 N–H and O–H groups in total. The molecule has 34 heavy (non-hydrogen) atoms. The number of amides is 1. The van der Waals surface area contributed by atoms with Crippen molar-refractivity contribution >= 4 is 44.9 Å². The molecule has 0 unspecified atom stereocenters. The van der Waals surface area contributed by atoms with Crippen LogP contribution in [-0.4, -0.2) is 21.2 Å². The first kappa shape index (κ1) is 24.2. The van der Waals surface area contributed by atoms with Crippen molar-refractivity contribution in [3.63, 3.8) is 0 Å². The second-order valence-electron chi connectivity index (χ2n) is 8.25. The summed E-state index contributed by atoms with van der Waals surface area (Å²) in [5.74, 6) is -0.490. The lowest BCUT2D eigenvalue weighted by molar-refractivity contribution is -0.113. The molecule has 0 aliphatic heterocycles. The van der Waals surface area contributed by atoms with Gasteiger partial charge in [-0.3, -0.25) is 14.2 Å². The van der Waals surface area contributed by atoms with Crippen molar-refractivity contribution in [2.45, 2.75) is 45.7 Å². The molecular weight excluding hydrogens is 469 g/mol. The third kappa shape index (κ3) is 4.93. The van der Waals surface area contributed by atoms with Crippen molar-refractivity contribution in [1.82, 2.24) is 9.55 Å². The van der Waals surface area contributed by atoms with Gasteiger partial charge in [-0.05, 0) is 74.2 Å². The molecule has 2 heterocycles. The van der Waals surface area contributed by atoms with Crippen molar-refractivity contribution in [2.24, 2.45) is 0 Å². The lowest BCUT2D eigenvalue weighted by atomic mass is 10.1. The number of nitrogens with zero attached hydrogens (tertiary/aromatic N) is 2. The van der Waals surface area contributed by atoms with Crippen LogP contribution in [0.15, 0.2) is 52.4 Å². The molecule has 2 aromatic carbocycles. The molecule has 0 saturated carbocycles. The maximum atomic E-state index is 13.6. The van der Waals surface area contributed by atoms with Gasteiger partial charge in [0.1, 0.15) is 10.6 Å². The summed E-state index contributed by atoms with van der Waals surface area (Å²) in [5.41, 5.74) is 4.06. The van der Waals surface area contributed by atoms with Crippen molar-refractivity contribution in [3.05, 3.63) is 80.2 Å². The number of thioether (sulfide) groups is 1. The molecule has 4 rings (SSSR count). The lowest BCUT2D eigenvalue weighted by Gasteiger charge is -2.13. The summed E-state index contributed by atoms with van der Waals surface area (Å²) in [6.45, 7) is 7.97. The summed E-state index contributed by atoms with van der Waals surface area (Å²) < 4.78 is 15.1. The number of hydrogen-bond acceptors (Lipinski definition) is 5. The number of aromatic nitrogens is 2. The molecule has 2 aromatic heterocycles. The van der Waals surface area contributed by atoms with Gasteiger partial charge in [0.15, 0.2) is 5.16 Å². The maximum Gasteiger partial charge on any atom is 0.267 e. The van der Waals surface area contributed by atoms with E-state index in [-0.39, 0.29) is 23.0 Å².